The SMILES string of the molecule is CC(O)C(=O)N(CC1CNCC1F)C(c1nc(-c2cc(F)ccc2F)cn1Cc1ccccc1)C1CCOCC1. The molecule has 3 heterocycles. The van der Waals surface area contributed by atoms with Crippen molar-refractivity contribution in [3.63, 3.8) is 0 Å². The van der Waals surface area contributed by atoms with Crippen LogP contribution in [0.25, 0.3) is 11.3 Å². The van der Waals surface area contributed by atoms with Gasteiger partial charge in [-0.15, -0.1) is 0 Å². The van der Waals surface area contributed by atoms with Gasteiger partial charge in [-0.3, -0.25) is 4.79 Å². The van der Waals surface area contributed by atoms with Gasteiger partial charge in [0.05, 0.1) is 11.7 Å². The number of amides is 1. The van der Waals surface area contributed by atoms with E-state index < -0.39 is 41.8 Å². The highest BCUT2D eigenvalue weighted by atomic mass is 19.1. The minimum atomic E-state index is -1.31. The molecule has 0 saturated carbocycles. The number of hydrogen-bond donors (Lipinski definition) is 2. The summed E-state index contributed by atoms with van der Waals surface area (Å²) in [6.07, 6.45) is 0.469. The van der Waals surface area contributed by atoms with Crippen molar-refractivity contribution in [2.24, 2.45) is 11.8 Å². The molecular weight excluding hydrogens is 521 g/mol. The molecule has 2 aromatic carbocycles. The highest BCUT2D eigenvalue weighted by Gasteiger charge is 2.41. The molecule has 0 spiro atoms. The first kappa shape index (κ1) is 28.3. The second-order valence-electron chi connectivity index (χ2n) is 10.7. The van der Waals surface area contributed by atoms with E-state index in [0.717, 1.165) is 23.8 Å². The Kier molecular flexibility index (Phi) is 8.87. The summed E-state index contributed by atoms with van der Waals surface area (Å²) < 4.78 is 51.4. The molecule has 2 fully saturated rings. The van der Waals surface area contributed by atoms with Crippen LogP contribution < -0.4 is 5.32 Å². The summed E-state index contributed by atoms with van der Waals surface area (Å²) in [5, 5.41) is 13.5. The van der Waals surface area contributed by atoms with Gasteiger partial charge in [-0.25, -0.2) is 18.2 Å². The number of rotatable bonds is 9. The van der Waals surface area contributed by atoms with Gasteiger partial charge in [0.15, 0.2) is 0 Å². The number of halogens is 3. The number of ether oxygens (including phenoxy) is 1. The smallest absolute Gasteiger partial charge is 0.251 e. The van der Waals surface area contributed by atoms with Crippen molar-refractivity contribution >= 4 is 5.91 Å². The lowest BCUT2D eigenvalue weighted by atomic mass is 9.88. The summed E-state index contributed by atoms with van der Waals surface area (Å²) in [6, 6.07) is 12.2. The van der Waals surface area contributed by atoms with Crippen LogP contribution in [0.5, 0.6) is 0 Å². The minimum Gasteiger partial charge on any atom is -0.384 e. The monoisotopic (exact) mass is 556 g/mol. The highest BCUT2D eigenvalue weighted by molar-refractivity contribution is 5.80. The number of hydrogen-bond acceptors (Lipinski definition) is 5. The van der Waals surface area contributed by atoms with Gasteiger partial charge >= 0.3 is 0 Å². The molecule has 1 amide bonds. The maximum absolute atomic E-state index is 14.9. The number of carbonyl (C=O) groups excluding carboxylic acids is 1. The molecule has 10 heteroatoms. The Labute approximate surface area is 232 Å². The zero-order valence-electron chi connectivity index (χ0n) is 22.5. The molecule has 5 rings (SSSR count). The van der Waals surface area contributed by atoms with Gasteiger partial charge in [-0.1, -0.05) is 30.3 Å². The molecule has 2 aliphatic rings. The van der Waals surface area contributed by atoms with E-state index in [1.807, 2.05) is 34.9 Å². The third-order valence-corrected chi connectivity index (χ3v) is 7.85. The zero-order chi connectivity index (χ0) is 28.2. The van der Waals surface area contributed by atoms with Crippen LogP contribution in [-0.2, 0) is 16.1 Å². The number of aliphatic hydroxyl groups is 1. The highest BCUT2D eigenvalue weighted by Crippen LogP contribution is 2.38. The number of aliphatic hydroxyl groups excluding tert-OH is 1. The fourth-order valence-corrected chi connectivity index (χ4v) is 5.75. The van der Waals surface area contributed by atoms with Crippen LogP contribution in [0.1, 0.15) is 37.2 Å². The molecule has 4 atom stereocenters. The van der Waals surface area contributed by atoms with Gasteiger partial charge in [0.25, 0.3) is 5.91 Å². The van der Waals surface area contributed by atoms with E-state index in [1.165, 1.54) is 6.92 Å². The Hall–Kier alpha value is -3.21. The number of nitrogens with one attached hydrogen (secondary N) is 1. The number of imidazole rings is 1. The Bertz CT molecular complexity index is 1300. The van der Waals surface area contributed by atoms with Crippen LogP contribution >= 0.6 is 0 Å². The van der Waals surface area contributed by atoms with Crippen molar-refractivity contribution in [1.29, 1.82) is 0 Å². The van der Waals surface area contributed by atoms with Crippen LogP contribution in [0.3, 0.4) is 0 Å². The maximum Gasteiger partial charge on any atom is 0.251 e. The number of alkyl halides is 1. The van der Waals surface area contributed by atoms with Crippen molar-refractivity contribution in [3.8, 4) is 11.3 Å². The van der Waals surface area contributed by atoms with Crippen LogP contribution in [0.2, 0.25) is 0 Å². The van der Waals surface area contributed by atoms with Crippen LogP contribution in [-0.4, -0.2) is 70.6 Å². The van der Waals surface area contributed by atoms with Gasteiger partial charge in [-0.05, 0) is 49.4 Å². The Morgan fingerprint density at radius 1 is 1.18 bits per heavy atom. The van der Waals surface area contributed by atoms with Gasteiger partial charge in [0.1, 0.15) is 29.7 Å². The second-order valence-corrected chi connectivity index (χ2v) is 10.7. The zero-order valence-corrected chi connectivity index (χ0v) is 22.5. The van der Waals surface area contributed by atoms with Gasteiger partial charge in [0.2, 0.25) is 0 Å². The topological polar surface area (TPSA) is 79.6 Å². The Balaban J connectivity index is 1.65. The predicted molar refractivity (Wildman–Crippen MR) is 144 cm³/mol. The quantitative estimate of drug-likeness (QED) is 0.415. The predicted octanol–water partition coefficient (Wildman–Crippen LogP) is 4.11. The van der Waals surface area contributed by atoms with Crippen LogP contribution in [0.15, 0.2) is 54.7 Å². The van der Waals surface area contributed by atoms with Crippen molar-refractivity contribution in [2.45, 2.75) is 44.6 Å². The molecule has 1 aromatic heterocycles. The summed E-state index contributed by atoms with van der Waals surface area (Å²) in [6.45, 7) is 3.44. The summed E-state index contributed by atoms with van der Waals surface area (Å²) >= 11 is 0. The van der Waals surface area contributed by atoms with Gasteiger partial charge in [-0.2, -0.15) is 0 Å². The first-order valence-electron chi connectivity index (χ1n) is 13.8. The van der Waals surface area contributed by atoms with E-state index in [4.69, 9.17) is 9.72 Å². The van der Waals surface area contributed by atoms with E-state index in [-0.39, 0.29) is 30.3 Å². The lowest BCUT2D eigenvalue weighted by Gasteiger charge is -2.40. The lowest BCUT2D eigenvalue weighted by molar-refractivity contribution is -0.145. The first-order chi connectivity index (χ1) is 19.3. The maximum atomic E-state index is 14.9. The molecule has 4 unspecified atom stereocenters. The average molecular weight is 557 g/mol. The first-order valence-corrected chi connectivity index (χ1v) is 13.8. The largest absolute Gasteiger partial charge is 0.384 e. The van der Waals surface area contributed by atoms with Gasteiger partial charge in [0, 0.05) is 57.1 Å². The van der Waals surface area contributed by atoms with Crippen molar-refractivity contribution in [2.75, 3.05) is 32.8 Å². The molecule has 0 bridgehead atoms. The third kappa shape index (κ3) is 6.24. The molecule has 2 N–H and O–H groups in total. The molecule has 0 aliphatic carbocycles. The molecular formula is C30H35F3N4O3. The Morgan fingerprint density at radius 2 is 1.93 bits per heavy atom. The molecule has 2 aliphatic heterocycles. The summed E-state index contributed by atoms with van der Waals surface area (Å²) in [5.74, 6) is -1.82. The summed E-state index contributed by atoms with van der Waals surface area (Å²) in [7, 11) is 0. The fourth-order valence-electron chi connectivity index (χ4n) is 5.75. The van der Waals surface area contributed by atoms with Crippen molar-refractivity contribution in [1.82, 2.24) is 19.8 Å². The minimum absolute atomic E-state index is 0.0102. The average Bonchev–Trinajstić information content (AvgIpc) is 3.56. The molecule has 214 valence electrons. The molecule has 3 aromatic rings. The second kappa shape index (κ2) is 12.5. The van der Waals surface area contributed by atoms with Crippen LogP contribution in [0.4, 0.5) is 13.2 Å². The van der Waals surface area contributed by atoms with Crippen molar-refractivity contribution < 1.29 is 27.8 Å². The standard InChI is InChI=1S/C30H35F3N4O3/c1-19(38)30(39)37(17-22-14-34-15-26(22)33)28(21-9-11-40-12-10-21)29-35-27(24-13-23(31)7-8-25(24)32)18-36(29)16-20-5-3-2-4-6-20/h2-8,13,18-19,21-22,26,28,34,38H,9-12,14-17H2,1H3. The molecule has 2 saturated heterocycles. The molecule has 7 nitrogen and oxygen atoms in total. The number of nitrogens with zero attached hydrogens (tertiary/aromatic N) is 3. The molecule has 40 heavy (non-hydrogen) atoms. The number of carbonyl (C=O) groups is 1. The third-order valence-electron chi connectivity index (χ3n) is 7.85. The van der Waals surface area contributed by atoms with E-state index in [9.17, 15) is 23.1 Å². The lowest BCUT2D eigenvalue weighted by Crippen LogP contribution is -2.48. The van der Waals surface area contributed by atoms with E-state index in [2.05, 4.69) is 5.32 Å². The van der Waals surface area contributed by atoms with E-state index in [1.54, 1.807) is 11.1 Å². The van der Waals surface area contributed by atoms with E-state index in [0.29, 0.717) is 45.0 Å². The molecule has 0 radical (unpaired) electrons. The van der Waals surface area contributed by atoms with E-state index >= 15 is 0 Å². The normalized spacial score (nSPS) is 21.3. The number of benzene rings is 2. The van der Waals surface area contributed by atoms with Crippen LogP contribution in [0, 0.1) is 23.5 Å². The fraction of sp³-hybridized carbons (Fsp3) is 0.467. The van der Waals surface area contributed by atoms with Gasteiger partial charge < -0.3 is 24.6 Å². The number of aromatic nitrogens is 2. The summed E-state index contributed by atoms with van der Waals surface area (Å²) in [4.78, 5) is 20.0. The Morgan fingerprint density at radius 3 is 2.60 bits per heavy atom. The summed E-state index contributed by atoms with van der Waals surface area (Å²) in [5.41, 5.74) is 1.20. The van der Waals surface area contributed by atoms with Crippen molar-refractivity contribution in [3.05, 3.63) is 77.8 Å².